The van der Waals surface area contributed by atoms with Gasteiger partial charge in [0.15, 0.2) is 0 Å². The van der Waals surface area contributed by atoms with Gasteiger partial charge in [0.25, 0.3) is 5.69 Å². The maximum atomic E-state index is 11.2. The van der Waals surface area contributed by atoms with E-state index in [2.05, 4.69) is 55.3 Å². The Morgan fingerprint density at radius 1 is 1.20 bits per heavy atom. The number of hydrogen-bond donors (Lipinski definition) is 1. The quantitative estimate of drug-likeness (QED) is 0.404. The number of nitrogens with zero attached hydrogens (tertiary/aromatic N) is 4. The molecule has 1 heterocycles. The minimum absolute atomic E-state index is 0.0899. The summed E-state index contributed by atoms with van der Waals surface area (Å²) >= 11 is 0. The van der Waals surface area contributed by atoms with Crippen LogP contribution >= 0.6 is 0 Å². The van der Waals surface area contributed by atoms with Crippen LogP contribution in [0.2, 0.25) is 0 Å². The van der Waals surface area contributed by atoms with Crippen molar-refractivity contribution in [3.8, 4) is 0 Å². The highest BCUT2D eigenvalue weighted by Crippen LogP contribution is 2.43. The molecular weight excluding hydrogens is 386 g/mol. The monoisotopic (exact) mass is 411 g/mol. The van der Waals surface area contributed by atoms with Gasteiger partial charge in [0.05, 0.1) is 22.1 Å². The van der Waals surface area contributed by atoms with Crippen molar-refractivity contribution in [1.29, 1.82) is 0 Å². The number of nitro groups is 2. The summed E-state index contributed by atoms with van der Waals surface area (Å²) in [6.45, 7) is 9.80. The smallest absolute Gasteiger partial charge is 0.301 e. The lowest BCUT2D eigenvalue weighted by molar-refractivity contribution is -0.393. The first-order chi connectivity index (χ1) is 14.1. The van der Waals surface area contributed by atoms with E-state index >= 15 is 0 Å². The van der Waals surface area contributed by atoms with Gasteiger partial charge in [0.2, 0.25) is 0 Å². The van der Waals surface area contributed by atoms with Crippen LogP contribution in [0.4, 0.5) is 22.7 Å². The van der Waals surface area contributed by atoms with E-state index in [9.17, 15) is 20.2 Å². The largest absolute Gasteiger partial charge is 0.366 e. The number of fused-ring (bicyclic) bond motifs is 1. The number of benzene rings is 2. The molecule has 0 unspecified atom stereocenters. The van der Waals surface area contributed by atoms with Crippen LogP contribution in [0.25, 0.3) is 0 Å². The van der Waals surface area contributed by atoms with E-state index in [1.54, 1.807) is 6.21 Å². The van der Waals surface area contributed by atoms with Crippen LogP contribution in [0.1, 0.15) is 51.2 Å². The molecular formula is C21H25N5O4. The molecule has 0 amide bonds. The van der Waals surface area contributed by atoms with Crippen LogP contribution in [0, 0.1) is 20.2 Å². The van der Waals surface area contributed by atoms with Crippen molar-refractivity contribution in [2.75, 3.05) is 16.9 Å². The summed E-state index contributed by atoms with van der Waals surface area (Å²) in [6, 6.07) is 9.54. The summed E-state index contributed by atoms with van der Waals surface area (Å²) in [5, 5.41) is 26.2. The minimum atomic E-state index is -0.674. The second-order valence-corrected chi connectivity index (χ2v) is 8.07. The summed E-state index contributed by atoms with van der Waals surface area (Å²) in [5.41, 5.74) is 5.40. The highest BCUT2D eigenvalue weighted by molar-refractivity contribution is 5.82. The second-order valence-electron chi connectivity index (χ2n) is 8.07. The molecule has 2 aromatic rings. The Hall–Kier alpha value is -3.49. The van der Waals surface area contributed by atoms with Crippen LogP contribution in [0.5, 0.6) is 0 Å². The second kappa shape index (κ2) is 8.10. The molecule has 158 valence electrons. The fraction of sp³-hybridized carbons (Fsp3) is 0.381. The molecule has 3 rings (SSSR count). The number of non-ortho nitro benzene ring substituents is 1. The summed E-state index contributed by atoms with van der Waals surface area (Å²) in [6.07, 6.45) is 2.63. The van der Waals surface area contributed by atoms with E-state index in [0.717, 1.165) is 24.6 Å². The average Bonchev–Trinajstić information content (AvgIpc) is 2.67. The third kappa shape index (κ3) is 4.10. The van der Waals surface area contributed by atoms with Crippen molar-refractivity contribution in [2.24, 2.45) is 5.10 Å². The Labute approximate surface area is 174 Å². The summed E-state index contributed by atoms with van der Waals surface area (Å²) in [7, 11) is 0. The van der Waals surface area contributed by atoms with E-state index < -0.39 is 15.5 Å². The Kier molecular flexibility index (Phi) is 5.73. The SMILES string of the molecule is CCN1c2ccc(/C=N\Nc3ccc([N+](=O)[O-])cc3[N+](=O)[O-])cc2[C@@H](C)CC1(C)C. The molecule has 0 aromatic heterocycles. The average molecular weight is 411 g/mol. The summed E-state index contributed by atoms with van der Waals surface area (Å²) < 4.78 is 0. The van der Waals surface area contributed by atoms with Crippen molar-refractivity contribution < 1.29 is 9.85 Å². The van der Waals surface area contributed by atoms with Crippen LogP contribution in [0.15, 0.2) is 41.5 Å². The van der Waals surface area contributed by atoms with Crippen molar-refractivity contribution >= 4 is 29.0 Å². The van der Waals surface area contributed by atoms with Crippen molar-refractivity contribution in [1.82, 2.24) is 0 Å². The molecule has 1 atom stereocenters. The molecule has 9 heteroatoms. The molecule has 9 nitrogen and oxygen atoms in total. The van der Waals surface area contributed by atoms with Crippen LogP contribution in [-0.4, -0.2) is 28.1 Å². The molecule has 0 radical (unpaired) electrons. The number of nitrogens with one attached hydrogen (secondary N) is 1. The van der Waals surface area contributed by atoms with Crippen LogP contribution < -0.4 is 10.3 Å². The Morgan fingerprint density at radius 2 is 1.93 bits per heavy atom. The lowest BCUT2D eigenvalue weighted by Crippen LogP contribution is -2.48. The zero-order valence-electron chi connectivity index (χ0n) is 17.5. The molecule has 0 bridgehead atoms. The molecule has 0 saturated heterocycles. The molecule has 0 fully saturated rings. The zero-order chi connectivity index (χ0) is 22.1. The van der Waals surface area contributed by atoms with Crippen molar-refractivity contribution in [3.63, 3.8) is 0 Å². The third-order valence-corrected chi connectivity index (χ3v) is 5.51. The highest BCUT2D eigenvalue weighted by Gasteiger charge is 2.35. The fourth-order valence-corrected chi connectivity index (χ4v) is 4.24. The predicted molar refractivity (Wildman–Crippen MR) is 118 cm³/mol. The molecule has 1 N–H and O–H groups in total. The van der Waals surface area contributed by atoms with Crippen LogP contribution in [-0.2, 0) is 0 Å². The molecule has 0 saturated carbocycles. The molecule has 0 aliphatic carbocycles. The molecule has 2 aromatic carbocycles. The lowest BCUT2D eigenvalue weighted by atomic mass is 9.79. The topological polar surface area (TPSA) is 114 Å². The molecule has 1 aliphatic rings. The van der Waals surface area contributed by atoms with Gasteiger partial charge in [-0.2, -0.15) is 5.10 Å². The Morgan fingerprint density at radius 3 is 2.57 bits per heavy atom. The number of anilines is 2. The lowest BCUT2D eigenvalue weighted by Gasteiger charge is -2.47. The number of hydrogen-bond acceptors (Lipinski definition) is 7. The van der Waals surface area contributed by atoms with E-state index in [1.165, 1.54) is 23.4 Å². The normalized spacial score (nSPS) is 17.6. The van der Waals surface area contributed by atoms with Crippen molar-refractivity contribution in [2.45, 2.75) is 45.6 Å². The van der Waals surface area contributed by atoms with Gasteiger partial charge in [-0.1, -0.05) is 13.0 Å². The number of rotatable bonds is 6. The fourth-order valence-electron chi connectivity index (χ4n) is 4.24. The van der Waals surface area contributed by atoms with E-state index in [1.807, 2.05) is 6.07 Å². The predicted octanol–water partition coefficient (Wildman–Crippen LogP) is 5.06. The van der Waals surface area contributed by atoms with Gasteiger partial charge in [-0.3, -0.25) is 25.7 Å². The third-order valence-electron chi connectivity index (χ3n) is 5.51. The van der Waals surface area contributed by atoms with Gasteiger partial charge in [-0.15, -0.1) is 0 Å². The standard InChI is InChI=1S/C21H25N5O4/c1-5-24-19-9-6-15(10-17(19)14(2)12-21(24,3)4)13-22-23-18-8-7-16(25(27)28)11-20(18)26(29)30/h6-11,13-14,23H,5,12H2,1-4H3/b22-13-/t14-/m0/s1. The molecule has 0 spiro atoms. The summed E-state index contributed by atoms with van der Waals surface area (Å²) in [5.74, 6) is 0.398. The maximum absolute atomic E-state index is 11.2. The molecule has 30 heavy (non-hydrogen) atoms. The van der Waals surface area contributed by atoms with E-state index in [0.29, 0.717) is 5.92 Å². The minimum Gasteiger partial charge on any atom is -0.366 e. The van der Waals surface area contributed by atoms with Crippen LogP contribution in [0.3, 0.4) is 0 Å². The highest BCUT2D eigenvalue weighted by atomic mass is 16.6. The van der Waals surface area contributed by atoms with Gasteiger partial charge < -0.3 is 4.90 Å². The first-order valence-electron chi connectivity index (χ1n) is 9.77. The first-order valence-corrected chi connectivity index (χ1v) is 9.77. The van der Waals surface area contributed by atoms with Gasteiger partial charge in [0, 0.05) is 23.8 Å². The van der Waals surface area contributed by atoms with Gasteiger partial charge >= 0.3 is 5.69 Å². The number of hydrazone groups is 1. The number of nitro benzene ring substituents is 2. The van der Waals surface area contributed by atoms with Gasteiger partial charge in [-0.05, 0) is 62.4 Å². The summed E-state index contributed by atoms with van der Waals surface area (Å²) in [4.78, 5) is 23.1. The van der Waals surface area contributed by atoms with E-state index in [-0.39, 0.29) is 16.9 Å². The maximum Gasteiger partial charge on any atom is 0.301 e. The van der Waals surface area contributed by atoms with Gasteiger partial charge in [0.1, 0.15) is 5.69 Å². The Balaban J connectivity index is 1.84. The van der Waals surface area contributed by atoms with Gasteiger partial charge in [-0.25, -0.2) is 0 Å². The Bertz CT molecular complexity index is 1020. The zero-order valence-corrected chi connectivity index (χ0v) is 17.5. The van der Waals surface area contributed by atoms with Crippen molar-refractivity contribution in [3.05, 3.63) is 67.8 Å². The molecule has 1 aliphatic heterocycles. The van der Waals surface area contributed by atoms with E-state index in [4.69, 9.17) is 0 Å². The first kappa shape index (κ1) is 21.2.